The molecule has 1 aromatic carbocycles. The Morgan fingerprint density at radius 1 is 1.54 bits per heavy atom. The standard InChI is InChI=1S/C9H9NS3/c1-12-7-4-6-5(2-3-13-6)8(10)9(7)11/h2-4,11H,10H2,1H3. The quantitative estimate of drug-likeness (QED) is 0.443. The van der Waals surface area contributed by atoms with Crippen molar-refractivity contribution in [2.75, 3.05) is 12.0 Å². The van der Waals surface area contributed by atoms with E-state index in [-0.39, 0.29) is 0 Å². The number of hydrogen-bond donors (Lipinski definition) is 2. The van der Waals surface area contributed by atoms with Gasteiger partial charge >= 0.3 is 0 Å². The van der Waals surface area contributed by atoms with Crippen molar-refractivity contribution in [3.05, 3.63) is 17.5 Å². The number of nitrogen functional groups attached to an aromatic ring is 1. The summed E-state index contributed by atoms with van der Waals surface area (Å²) in [5, 5.41) is 3.17. The van der Waals surface area contributed by atoms with Crippen molar-refractivity contribution in [2.24, 2.45) is 0 Å². The summed E-state index contributed by atoms with van der Waals surface area (Å²) in [5.41, 5.74) is 6.75. The van der Waals surface area contributed by atoms with Crippen LogP contribution in [0.25, 0.3) is 10.1 Å². The van der Waals surface area contributed by atoms with Crippen LogP contribution in [0.4, 0.5) is 5.69 Å². The third-order valence-electron chi connectivity index (χ3n) is 1.96. The second-order valence-corrected chi connectivity index (χ2v) is 4.92. The van der Waals surface area contributed by atoms with Gasteiger partial charge in [-0.2, -0.15) is 0 Å². The van der Waals surface area contributed by atoms with Gasteiger partial charge in [-0.05, 0) is 23.8 Å². The smallest absolute Gasteiger partial charge is 0.0549 e. The van der Waals surface area contributed by atoms with Gasteiger partial charge in [0.05, 0.1) is 5.69 Å². The summed E-state index contributed by atoms with van der Waals surface area (Å²) in [6.07, 6.45) is 2.04. The first-order chi connectivity index (χ1) is 6.24. The van der Waals surface area contributed by atoms with Crippen molar-refractivity contribution < 1.29 is 0 Å². The summed E-state index contributed by atoms with van der Waals surface area (Å²) in [5.74, 6) is 0. The van der Waals surface area contributed by atoms with E-state index in [4.69, 9.17) is 5.73 Å². The van der Waals surface area contributed by atoms with Crippen molar-refractivity contribution in [1.82, 2.24) is 0 Å². The van der Waals surface area contributed by atoms with Crippen LogP contribution in [0.15, 0.2) is 27.3 Å². The molecular formula is C9H9NS3. The number of thioether (sulfide) groups is 1. The molecule has 2 N–H and O–H groups in total. The monoisotopic (exact) mass is 227 g/mol. The van der Waals surface area contributed by atoms with Crippen LogP contribution < -0.4 is 5.73 Å². The van der Waals surface area contributed by atoms with Gasteiger partial charge in [-0.25, -0.2) is 0 Å². The molecule has 0 aliphatic rings. The Morgan fingerprint density at radius 2 is 2.31 bits per heavy atom. The van der Waals surface area contributed by atoms with Gasteiger partial charge < -0.3 is 5.73 Å². The van der Waals surface area contributed by atoms with Crippen LogP contribution >= 0.6 is 35.7 Å². The Labute approximate surface area is 90.7 Å². The summed E-state index contributed by atoms with van der Waals surface area (Å²) in [6.45, 7) is 0. The molecule has 68 valence electrons. The summed E-state index contributed by atoms with van der Waals surface area (Å²) in [6, 6.07) is 4.18. The number of anilines is 1. The predicted octanol–water partition coefficient (Wildman–Crippen LogP) is 3.49. The SMILES string of the molecule is CSc1cc2sccc2c(N)c1S. The summed E-state index contributed by atoms with van der Waals surface area (Å²) in [4.78, 5) is 2.05. The molecule has 1 heterocycles. The zero-order chi connectivity index (χ0) is 9.42. The lowest BCUT2D eigenvalue weighted by atomic mass is 10.2. The summed E-state index contributed by atoms with van der Waals surface area (Å²) < 4.78 is 1.24. The molecule has 1 aromatic heterocycles. The molecule has 4 heteroatoms. The van der Waals surface area contributed by atoms with E-state index < -0.39 is 0 Å². The second-order valence-electron chi connectivity index (χ2n) is 2.67. The number of thiophene rings is 1. The molecule has 1 nitrogen and oxygen atoms in total. The maximum Gasteiger partial charge on any atom is 0.0549 e. The Kier molecular flexibility index (Phi) is 2.45. The van der Waals surface area contributed by atoms with Crippen molar-refractivity contribution in [2.45, 2.75) is 9.79 Å². The van der Waals surface area contributed by atoms with Gasteiger partial charge in [0, 0.05) is 19.9 Å². The van der Waals surface area contributed by atoms with Crippen LogP contribution in [0.3, 0.4) is 0 Å². The lowest BCUT2D eigenvalue weighted by Gasteiger charge is -2.06. The van der Waals surface area contributed by atoms with E-state index >= 15 is 0 Å². The summed E-state index contributed by atoms with van der Waals surface area (Å²) >= 11 is 7.79. The first-order valence-corrected chi connectivity index (χ1v) is 6.32. The molecule has 2 aromatic rings. The second kappa shape index (κ2) is 3.44. The molecule has 0 unspecified atom stereocenters. The zero-order valence-electron chi connectivity index (χ0n) is 7.07. The molecule has 0 aliphatic carbocycles. The number of thiol groups is 1. The Balaban J connectivity index is 2.83. The molecule has 0 radical (unpaired) electrons. The van der Waals surface area contributed by atoms with Crippen LogP contribution in [0.2, 0.25) is 0 Å². The minimum atomic E-state index is 0.798. The molecule has 0 saturated carbocycles. The van der Waals surface area contributed by atoms with Crippen LogP contribution in [0, 0.1) is 0 Å². The molecular weight excluding hydrogens is 218 g/mol. The molecule has 0 fully saturated rings. The van der Waals surface area contributed by atoms with Crippen molar-refractivity contribution >= 4 is 51.5 Å². The molecule has 2 rings (SSSR count). The minimum absolute atomic E-state index is 0.798. The van der Waals surface area contributed by atoms with E-state index in [0.29, 0.717) is 0 Å². The fourth-order valence-corrected chi connectivity index (χ4v) is 3.17. The van der Waals surface area contributed by atoms with E-state index in [1.54, 1.807) is 23.1 Å². The van der Waals surface area contributed by atoms with Gasteiger partial charge in [-0.3, -0.25) is 0 Å². The highest BCUT2D eigenvalue weighted by molar-refractivity contribution is 7.99. The first-order valence-electron chi connectivity index (χ1n) is 3.76. The molecule has 13 heavy (non-hydrogen) atoms. The average molecular weight is 227 g/mol. The van der Waals surface area contributed by atoms with Crippen LogP contribution in [0.5, 0.6) is 0 Å². The summed E-state index contributed by atoms with van der Waals surface area (Å²) in [7, 11) is 0. The highest BCUT2D eigenvalue weighted by Crippen LogP contribution is 2.37. The fraction of sp³-hybridized carbons (Fsp3) is 0.111. The molecule has 0 saturated heterocycles. The minimum Gasteiger partial charge on any atom is -0.397 e. The highest BCUT2D eigenvalue weighted by Gasteiger charge is 2.07. The number of nitrogens with two attached hydrogens (primary N) is 1. The predicted molar refractivity (Wildman–Crippen MR) is 65.3 cm³/mol. The maximum absolute atomic E-state index is 5.96. The largest absolute Gasteiger partial charge is 0.397 e. The van der Waals surface area contributed by atoms with E-state index in [9.17, 15) is 0 Å². The van der Waals surface area contributed by atoms with Gasteiger partial charge in [0.1, 0.15) is 0 Å². The topological polar surface area (TPSA) is 26.0 Å². The Hall–Kier alpha value is -0.320. The Morgan fingerprint density at radius 3 is 3.00 bits per heavy atom. The molecule has 0 spiro atoms. The van der Waals surface area contributed by atoms with Gasteiger partial charge in [0.25, 0.3) is 0 Å². The van der Waals surface area contributed by atoms with Crippen LogP contribution in [-0.2, 0) is 0 Å². The maximum atomic E-state index is 5.96. The third kappa shape index (κ3) is 1.43. The fourth-order valence-electron chi connectivity index (χ4n) is 1.26. The van der Waals surface area contributed by atoms with Gasteiger partial charge in [0.15, 0.2) is 0 Å². The average Bonchev–Trinajstić information content (AvgIpc) is 2.59. The van der Waals surface area contributed by atoms with Gasteiger partial charge in [-0.1, -0.05) is 0 Å². The first kappa shape index (κ1) is 9.24. The van der Waals surface area contributed by atoms with Crippen LogP contribution in [0.1, 0.15) is 0 Å². The molecule has 0 bridgehead atoms. The van der Waals surface area contributed by atoms with Crippen LogP contribution in [-0.4, -0.2) is 6.26 Å². The van der Waals surface area contributed by atoms with Gasteiger partial charge in [0.2, 0.25) is 0 Å². The van der Waals surface area contributed by atoms with E-state index in [2.05, 4.69) is 24.1 Å². The molecule has 0 amide bonds. The van der Waals surface area contributed by atoms with Crippen molar-refractivity contribution in [1.29, 1.82) is 0 Å². The van der Waals surface area contributed by atoms with E-state index in [1.807, 2.05) is 12.3 Å². The highest BCUT2D eigenvalue weighted by atomic mass is 32.2. The van der Waals surface area contributed by atoms with Crippen molar-refractivity contribution in [3.8, 4) is 0 Å². The zero-order valence-corrected chi connectivity index (χ0v) is 9.60. The van der Waals surface area contributed by atoms with E-state index in [1.165, 1.54) is 4.70 Å². The molecule has 0 atom stereocenters. The van der Waals surface area contributed by atoms with E-state index in [0.717, 1.165) is 20.9 Å². The van der Waals surface area contributed by atoms with Gasteiger partial charge in [-0.15, -0.1) is 35.7 Å². The number of fused-ring (bicyclic) bond motifs is 1. The third-order valence-corrected chi connectivity index (χ3v) is 4.21. The number of benzene rings is 1. The Bertz CT molecular complexity index is 447. The number of hydrogen-bond acceptors (Lipinski definition) is 4. The lowest BCUT2D eigenvalue weighted by molar-refractivity contribution is 1.31. The lowest BCUT2D eigenvalue weighted by Crippen LogP contribution is -1.89. The number of rotatable bonds is 1. The normalized spacial score (nSPS) is 10.9. The van der Waals surface area contributed by atoms with Crippen molar-refractivity contribution in [3.63, 3.8) is 0 Å². The molecule has 0 aliphatic heterocycles.